The van der Waals surface area contributed by atoms with Gasteiger partial charge < -0.3 is 5.43 Å². The zero-order valence-electron chi connectivity index (χ0n) is 5.39. The standard InChI is InChI=1S/C6H12N2/c1-4-5-6-7-8(2)3/h4-7H,1H2,2-3H3/b6-5-. The zero-order valence-corrected chi connectivity index (χ0v) is 5.39. The van der Waals surface area contributed by atoms with Crippen molar-refractivity contribution in [1.29, 1.82) is 0 Å². The van der Waals surface area contributed by atoms with Crippen molar-refractivity contribution >= 4 is 0 Å². The predicted molar refractivity (Wildman–Crippen MR) is 36.2 cm³/mol. The molecule has 0 rings (SSSR count). The van der Waals surface area contributed by atoms with Gasteiger partial charge in [-0.1, -0.05) is 12.7 Å². The molecule has 0 bridgehead atoms. The maximum atomic E-state index is 3.51. The van der Waals surface area contributed by atoms with Crippen molar-refractivity contribution in [3.8, 4) is 0 Å². The highest BCUT2D eigenvalue weighted by atomic mass is 15.5. The summed E-state index contributed by atoms with van der Waals surface area (Å²) in [5, 5.41) is 1.85. The first-order valence-corrected chi connectivity index (χ1v) is 2.48. The second-order valence-electron chi connectivity index (χ2n) is 1.62. The molecule has 0 aromatic carbocycles. The van der Waals surface area contributed by atoms with Gasteiger partial charge in [-0.3, -0.25) is 0 Å². The van der Waals surface area contributed by atoms with E-state index in [4.69, 9.17) is 0 Å². The third-order valence-corrected chi connectivity index (χ3v) is 0.565. The van der Waals surface area contributed by atoms with E-state index < -0.39 is 0 Å². The largest absolute Gasteiger partial charge is 0.327 e. The number of allylic oxidation sites excluding steroid dienone is 2. The minimum absolute atomic E-state index is 1.72. The summed E-state index contributed by atoms with van der Waals surface area (Å²) < 4.78 is 0. The van der Waals surface area contributed by atoms with Crippen LogP contribution in [0.15, 0.2) is 24.9 Å². The Kier molecular flexibility index (Phi) is 3.98. The molecular formula is C6H12N2. The average molecular weight is 112 g/mol. The predicted octanol–water partition coefficient (Wildman–Crippen LogP) is 0.752. The lowest BCUT2D eigenvalue weighted by atomic mass is 10.6. The molecule has 0 spiro atoms. The highest BCUT2D eigenvalue weighted by Crippen LogP contribution is 1.67. The van der Waals surface area contributed by atoms with E-state index in [1.165, 1.54) is 0 Å². The number of hydrogen-bond donors (Lipinski definition) is 1. The summed E-state index contributed by atoms with van der Waals surface area (Å²) in [7, 11) is 3.85. The normalized spacial score (nSPS) is 10.4. The molecule has 0 heterocycles. The van der Waals surface area contributed by atoms with Crippen LogP contribution in [0, 0.1) is 0 Å². The molecule has 8 heavy (non-hydrogen) atoms. The minimum Gasteiger partial charge on any atom is -0.327 e. The molecule has 0 aliphatic carbocycles. The summed E-state index contributed by atoms with van der Waals surface area (Å²) in [6.07, 6.45) is 5.36. The van der Waals surface area contributed by atoms with Gasteiger partial charge in [0.1, 0.15) is 0 Å². The minimum atomic E-state index is 1.72. The molecule has 0 saturated heterocycles. The Hall–Kier alpha value is -0.760. The maximum absolute atomic E-state index is 3.51. The smallest absolute Gasteiger partial charge is 0.0127 e. The first-order valence-electron chi connectivity index (χ1n) is 2.48. The van der Waals surface area contributed by atoms with Gasteiger partial charge in [0.25, 0.3) is 0 Å². The van der Waals surface area contributed by atoms with Gasteiger partial charge in [0.2, 0.25) is 0 Å². The quantitative estimate of drug-likeness (QED) is 0.428. The molecule has 0 unspecified atom stereocenters. The van der Waals surface area contributed by atoms with Crippen molar-refractivity contribution < 1.29 is 0 Å². The topological polar surface area (TPSA) is 15.3 Å². The van der Waals surface area contributed by atoms with E-state index in [0.717, 1.165) is 0 Å². The lowest BCUT2D eigenvalue weighted by Crippen LogP contribution is -2.24. The van der Waals surface area contributed by atoms with E-state index in [1.807, 2.05) is 31.4 Å². The summed E-state index contributed by atoms with van der Waals surface area (Å²) in [6.45, 7) is 3.51. The Morgan fingerprint density at radius 2 is 2.12 bits per heavy atom. The molecule has 2 nitrogen and oxygen atoms in total. The molecule has 1 N–H and O–H groups in total. The van der Waals surface area contributed by atoms with Crippen molar-refractivity contribution in [3.63, 3.8) is 0 Å². The fourth-order valence-corrected chi connectivity index (χ4v) is 0.260. The van der Waals surface area contributed by atoms with Crippen LogP contribution in [0.2, 0.25) is 0 Å². The number of hydrogen-bond acceptors (Lipinski definition) is 2. The number of nitrogens with one attached hydrogen (secondary N) is 1. The molecule has 0 amide bonds. The Labute approximate surface area is 50.5 Å². The Morgan fingerprint density at radius 1 is 1.50 bits per heavy atom. The Morgan fingerprint density at radius 3 is 2.50 bits per heavy atom. The SMILES string of the molecule is C=C/C=C\NN(C)C. The van der Waals surface area contributed by atoms with Gasteiger partial charge in [-0.2, -0.15) is 0 Å². The second-order valence-corrected chi connectivity index (χ2v) is 1.62. The number of hydrazine groups is 1. The molecule has 0 aliphatic rings. The van der Waals surface area contributed by atoms with Crippen molar-refractivity contribution in [2.75, 3.05) is 14.1 Å². The summed E-state index contributed by atoms with van der Waals surface area (Å²) in [5.74, 6) is 0. The van der Waals surface area contributed by atoms with Crippen LogP contribution in [0.25, 0.3) is 0 Å². The van der Waals surface area contributed by atoms with Crippen LogP contribution in [0.4, 0.5) is 0 Å². The third kappa shape index (κ3) is 5.24. The molecule has 46 valence electrons. The lowest BCUT2D eigenvalue weighted by molar-refractivity contribution is 0.343. The second kappa shape index (κ2) is 4.40. The van der Waals surface area contributed by atoms with Crippen LogP contribution < -0.4 is 5.43 Å². The summed E-state index contributed by atoms with van der Waals surface area (Å²) in [4.78, 5) is 0. The van der Waals surface area contributed by atoms with Gasteiger partial charge in [0.05, 0.1) is 0 Å². The van der Waals surface area contributed by atoms with Crippen molar-refractivity contribution in [3.05, 3.63) is 24.9 Å². The number of rotatable bonds is 3. The highest BCUT2D eigenvalue weighted by molar-refractivity contribution is 4.94. The fourth-order valence-electron chi connectivity index (χ4n) is 0.260. The molecule has 2 heteroatoms. The van der Waals surface area contributed by atoms with E-state index >= 15 is 0 Å². The monoisotopic (exact) mass is 112 g/mol. The molecular weight excluding hydrogens is 100 g/mol. The molecule has 0 fully saturated rings. The van der Waals surface area contributed by atoms with Crippen molar-refractivity contribution in [2.45, 2.75) is 0 Å². The van der Waals surface area contributed by atoms with E-state index in [9.17, 15) is 0 Å². The molecule has 0 saturated carbocycles. The molecule has 0 radical (unpaired) electrons. The van der Waals surface area contributed by atoms with Gasteiger partial charge in [0.15, 0.2) is 0 Å². The van der Waals surface area contributed by atoms with E-state index in [-0.39, 0.29) is 0 Å². The van der Waals surface area contributed by atoms with Crippen LogP contribution in [-0.2, 0) is 0 Å². The van der Waals surface area contributed by atoms with E-state index in [0.29, 0.717) is 0 Å². The van der Waals surface area contributed by atoms with Gasteiger partial charge in [-0.25, -0.2) is 5.01 Å². The molecule has 0 atom stereocenters. The van der Waals surface area contributed by atoms with Crippen LogP contribution in [0.5, 0.6) is 0 Å². The van der Waals surface area contributed by atoms with Gasteiger partial charge in [-0.05, 0) is 6.08 Å². The summed E-state index contributed by atoms with van der Waals surface area (Å²) in [5.41, 5.74) is 2.93. The third-order valence-electron chi connectivity index (χ3n) is 0.565. The van der Waals surface area contributed by atoms with Crippen molar-refractivity contribution in [1.82, 2.24) is 10.4 Å². The van der Waals surface area contributed by atoms with Gasteiger partial charge in [-0.15, -0.1) is 0 Å². The van der Waals surface area contributed by atoms with Crippen LogP contribution >= 0.6 is 0 Å². The van der Waals surface area contributed by atoms with Crippen LogP contribution in [-0.4, -0.2) is 19.1 Å². The summed E-state index contributed by atoms with van der Waals surface area (Å²) in [6, 6.07) is 0. The molecule has 0 aromatic rings. The molecule has 0 aromatic heterocycles. The van der Waals surface area contributed by atoms with E-state index in [1.54, 1.807) is 6.08 Å². The lowest BCUT2D eigenvalue weighted by Gasteiger charge is -2.06. The van der Waals surface area contributed by atoms with Gasteiger partial charge in [0, 0.05) is 20.3 Å². The van der Waals surface area contributed by atoms with Gasteiger partial charge >= 0.3 is 0 Å². The highest BCUT2D eigenvalue weighted by Gasteiger charge is 1.73. The average Bonchev–Trinajstić information content (AvgIpc) is 1.66. The zero-order chi connectivity index (χ0) is 6.41. The van der Waals surface area contributed by atoms with E-state index in [2.05, 4.69) is 12.0 Å². The number of nitrogens with zero attached hydrogens (tertiary/aromatic N) is 1. The summed E-state index contributed by atoms with van der Waals surface area (Å²) >= 11 is 0. The Bertz CT molecular complexity index is 84.5. The fraction of sp³-hybridized carbons (Fsp3) is 0.333. The Balaban J connectivity index is 3.15. The first-order chi connectivity index (χ1) is 3.77. The maximum Gasteiger partial charge on any atom is 0.0127 e. The first kappa shape index (κ1) is 7.24. The van der Waals surface area contributed by atoms with Crippen molar-refractivity contribution in [2.24, 2.45) is 0 Å². The molecule has 0 aliphatic heterocycles. The van der Waals surface area contributed by atoms with Crippen LogP contribution in [0.1, 0.15) is 0 Å². The van der Waals surface area contributed by atoms with Crippen LogP contribution in [0.3, 0.4) is 0 Å².